The molecule has 18 heavy (non-hydrogen) atoms. The molecule has 1 unspecified atom stereocenters. The Hall–Kier alpha value is -1.50. The van der Waals surface area contributed by atoms with Gasteiger partial charge in [-0.1, -0.05) is 20.8 Å². The molecule has 0 saturated carbocycles. The van der Waals surface area contributed by atoms with E-state index in [1.54, 1.807) is 0 Å². The number of aliphatic carboxylic acids is 1. The second kappa shape index (κ2) is 7.75. The Morgan fingerprint density at radius 3 is 2.39 bits per heavy atom. The zero-order chi connectivity index (χ0) is 14.2. The van der Waals surface area contributed by atoms with E-state index in [2.05, 4.69) is 11.2 Å². The lowest BCUT2D eigenvalue weighted by Crippen LogP contribution is -2.45. The van der Waals surface area contributed by atoms with Crippen LogP contribution in [0.25, 0.3) is 0 Å². The van der Waals surface area contributed by atoms with Gasteiger partial charge in [0.1, 0.15) is 0 Å². The van der Waals surface area contributed by atoms with Gasteiger partial charge in [-0.3, -0.25) is 9.59 Å². The van der Waals surface area contributed by atoms with Gasteiger partial charge in [0, 0.05) is 18.9 Å². The molecule has 4 nitrogen and oxygen atoms in total. The number of carboxylic acids is 1. The van der Waals surface area contributed by atoms with Gasteiger partial charge >= 0.3 is 5.97 Å². The Balaban J connectivity index is 4.20. The van der Waals surface area contributed by atoms with Crippen molar-refractivity contribution >= 4 is 11.9 Å². The van der Waals surface area contributed by atoms with Gasteiger partial charge in [-0.15, -0.1) is 12.3 Å². The van der Waals surface area contributed by atoms with Crippen LogP contribution in [0.2, 0.25) is 0 Å². The number of amides is 1. The third-order valence-corrected chi connectivity index (χ3v) is 2.73. The van der Waals surface area contributed by atoms with Crippen molar-refractivity contribution in [2.24, 2.45) is 5.41 Å². The molecule has 0 aliphatic rings. The maximum absolute atomic E-state index is 11.7. The summed E-state index contributed by atoms with van der Waals surface area (Å²) in [5, 5.41) is 11.6. The van der Waals surface area contributed by atoms with Crippen molar-refractivity contribution < 1.29 is 14.7 Å². The van der Waals surface area contributed by atoms with Gasteiger partial charge in [0.2, 0.25) is 5.91 Å². The number of carboxylic acid groups (broad SMARTS) is 1. The van der Waals surface area contributed by atoms with E-state index in [1.807, 2.05) is 20.8 Å². The first-order valence-electron chi connectivity index (χ1n) is 6.22. The number of carbonyl (C=O) groups excluding carboxylic acids is 1. The predicted molar refractivity (Wildman–Crippen MR) is 70.9 cm³/mol. The van der Waals surface area contributed by atoms with Crippen molar-refractivity contribution in [3.8, 4) is 12.3 Å². The van der Waals surface area contributed by atoms with Crippen LogP contribution in [0.3, 0.4) is 0 Å². The maximum atomic E-state index is 11.7. The summed E-state index contributed by atoms with van der Waals surface area (Å²) in [6.45, 7) is 5.75. The van der Waals surface area contributed by atoms with Gasteiger partial charge in [0.25, 0.3) is 0 Å². The van der Waals surface area contributed by atoms with Crippen molar-refractivity contribution in [3.63, 3.8) is 0 Å². The number of unbranched alkanes of at least 4 members (excludes halogenated alkanes) is 2. The van der Waals surface area contributed by atoms with Crippen molar-refractivity contribution in [2.75, 3.05) is 0 Å². The summed E-state index contributed by atoms with van der Waals surface area (Å²) in [4.78, 5) is 22.5. The van der Waals surface area contributed by atoms with Crippen LogP contribution in [0.4, 0.5) is 0 Å². The zero-order valence-electron chi connectivity index (χ0n) is 11.5. The monoisotopic (exact) mass is 253 g/mol. The van der Waals surface area contributed by atoms with Gasteiger partial charge in [-0.2, -0.15) is 0 Å². The standard InChI is InChI=1S/C14H23NO3/c1-5-6-7-8-9-12(16)15-11(10-13(17)18)14(2,3)4/h1,11H,6-10H2,2-4H3,(H,15,16)(H,17,18). The minimum atomic E-state index is -0.900. The van der Waals surface area contributed by atoms with E-state index in [4.69, 9.17) is 11.5 Å². The first-order chi connectivity index (χ1) is 8.27. The summed E-state index contributed by atoms with van der Waals surface area (Å²) < 4.78 is 0. The van der Waals surface area contributed by atoms with Crippen LogP contribution < -0.4 is 5.32 Å². The highest BCUT2D eigenvalue weighted by Crippen LogP contribution is 2.22. The van der Waals surface area contributed by atoms with E-state index in [0.717, 1.165) is 12.8 Å². The van der Waals surface area contributed by atoms with Crippen molar-refractivity contribution in [1.82, 2.24) is 5.32 Å². The number of terminal acetylenes is 1. The average Bonchev–Trinajstić information content (AvgIpc) is 2.21. The van der Waals surface area contributed by atoms with Crippen LogP contribution in [-0.2, 0) is 9.59 Å². The third kappa shape index (κ3) is 7.72. The molecule has 1 amide bonds. The summed E-state index contributed by atoms with van der Waals surface area (Å²) in [5.74, 6) is 1.52. The van der Waals surface area contributed by atoms with Gasteiger partial charge in [-0.25, -0.2) is 0 Å². The lowest BCUT2D eigenvalue weighted by molar-refractivity contribution is -0.138. The van der Waals surface area contributed by atoms with E-state index in [0.29, 0.717) is 12.8 Å². The highest BCUT2D eigenvalue weighted by molar-refractivity contribution is 5.77. The Bertz CT molecular complexity index is 323. The largest absolute Gasteiger partial charge is 0.481 e. The van der Waals surface area contributed by atoms with E-state index >= 15 is 0 Å². The van der Waals surface area contributed by atoms with Crippen molar-refractivity contribution in [1.29, 1.82) is 0 Å². The quantitative estimate of drug-likeness (QED) is 0.540. The Kier molecular flexibility index (Phi) is 7.11. The highest BCUT2D eigenvalue weighted by Gasteiger charge is 2.28. The maximum Gasteiger partial charge on any atom is 0.305 e. The topological polar surface area (TPSA) is 66.4 Å². The smallest absolute Gasteiger partial charge is 0.305 e. The lowest BCUT2D eigenvalue weighted by atomic mass is 9.84. The summed E-state index contributed by atoms with van der Waals surface area (Å²) in [7, 11) is 0. The van der Waals surface area contributed by atoms with Crippen LogP contribution >= 0.6 is 0 Å². The molecule has 0 aromatic heterocycles. The van der Waals surface area contributed by atoms with Crippen LogP contribution in [0.15, 0.2) is 0 Å². The molecule has 0 aromatic carbocycles. The zero-order valence-corrected chi connectivity index (χ0v) is 11.5. The van der Waals surface area contributed by atoms with Crippen molar-refractivity contribution in [2.45, 2.75) is 58.9 Å². The molecule has 102 valence electrons. The molecular formula is C14H23NO3. The van der Waals surface area contributed by atoms with E-state index in [1.165, 1.54) is 0 Å². The molecular weight excluding hydrogens is 230 g/mol. The van der Waals surface area contributed by atoms with Crippen LogP contribution in [0, 0.1) is 17.8 Å². The van der Waals surface area contributed by atoms with Gasteiger partial charge in [-0.05, 0) is 18.3 Å². The van der Waals surface area contributed by atoms with E-state index in [9.17, 15) is 9.59 Å². The number of rotatable bonds is 7. The van der Waals surface area contributed by atoms with E-state index in [-0.39, 0.29) is 23.8 Å². The first kappa shape index (κ1) is 16.5. The molecule has 0 fully saturated rings. The first-order valence-corrected chi connectivity index (χ1v) is 6.22. The fraction of sp³-hybridized carbons (Fsp3) is 0.714. The summed E-state index contributed by atoms with van der Waals surface area (Å²) in [5.41, 5.74) is -0.271. The van der Waals surface area contributed by atoms with Crippen molar-refractivity contribution in [3.05, 3.63) is 0 Å². The van der Waals surface area contributed by atoms with E-state index < -0.39 is 5.97 Å². The fourth-order valence-corrected chi connectivity index (χ4v) is 1.53. The summed E-state index contributed by atoms with van der Waals surface area (Å²) in [6.07, 6.45) is 7.69. The second-order valence-electron chi connectivity index (χ2n) is 5.50. The molecule has 0 rings (SSSR count). The SMILES string of the molecule is C#CCCCCC(=O)NC(CC(=O)O)C(C)(C)C. The minimum Gasteiger partial charge on any atom is -0.481 e. The lowest BCUT2D eigenvalue weighted by Gasteiger charge is -2.30. The molecule has 1 atom stereocenters. The van der Waals surface area contributed by atoms with Crippen LogP contribution in [0.1, 0.15) is 52.9 Å². The molecule has 0 aromatic rings. The molecule has 4 heteroatoms. The normalized spacial score (nSPS) is 12.6. The van der Waals surface area contributed by atoms with Crippen LogP contribution in [-0.4, -0.2) is 23.0 Å². The molecule has 0 aliphatic carbocycles. The van der Waals surface area contributed by atoms with Gasteiger partial charge in [0.15, 0.2) is 0 Å². The molecule has 0 spiro atoms. The Morgan fingerprint density at radius 2 is 1.94 bits per heavy atom. The fourth-order valence-electron chi connectivity index (χ4n) is 1.53. The second-order valence-corrected chi connectivity index (χ2v) is 5.50. The molecule has 0 bridgehead atoms. The number of nitrogens with one attached hydrogen (secondary N) is 1. The molecule has 0 saturated heterocycles. The highest BCUT2D eigenvalue weighted by atomic mass is 16.4. The molecule has 0 aliphatic heterocycles. The minimum absolute atomic E-state index is 0.0560. The Morgan fingerprint density at radius 1 is 1.33 bits per heavy atom. The molecule has 0 radical (unpaired) electrons. The van der Waals surface area contributed by atoms with Gasteiger partial charge < -0.3 is 10.4 Å². The number of hydrogen-bond acceptors (Lipinski definition) is 2. The summed E-state index contributed by atoms with van der Waals surface area (Å²) >= 11 is 0. The third-order valence-electron chi connectivity index (χ3n) is 2.73. The van der Waals surface area contributed by atoms with Crippen LogP contribution in [0.5, 0.6) is 0 Å². The number of carbonyl (C=O) groups is 2. The Labute approximate surface area is 109 Å². The summed E-state index contributed by atoms with van der Waals surface area (Å²) in [6, 6.07) is -0.352. The predicted octanol–water partition coefficient (Wildman–Crippen LogP) is 2.19. The van der Waals surface area contributed by atoms with Gasteiger partial charge in [0.05, 0.1) is 6.42 Å². The number of hydrogen-bond donors (Lipinski definition) is 2. The average molecular weight is 253 g/mol. The molecule has 0 heterocycles. The molecule has 2 N–H and O–H groups in total.